The molecule has 2 aliphatic heterocycles. The molecular formula is C27H33N2O2PS. The minimum atomic E-state index is -2.14. The van der Waals surface area contributed by atoms with E-state index in [-0.39, 0.29) is 0 Å². The van der Waals surface area contributed by atoms with E-state index in [0.29, 0.717) is 0 Å². The molecule has 174 valence electrons. The summed E-state index contributed by atoms with van der Waals surface area (Å²) in [6.07, 6.45) is 3.57. The molecule has 0 amide bonds. The smallest absolute Gasteiger partial charge is 0.0692 e. The standard InChI is InChI=1S/C27H33N2O2PS/c33-32(25-11-5-2-6-12-25,29-16-20-31-21-17-29)26-13-7-10-24(22-23-8-3-1-4-9-23)27(26)28-14-18-30-19-15-28/h1-6,8-9,11-12,22H,7,10,13-21H2/b24-22+/t32-/m0/s1. The fourth-order valence-electron chi connectivity index (χ4n) is 5.18. The SMILES string of the molecule is S=[P@](C1=C(N2CCOCC2)/C(=C/c2ccccc2)CCC1)(c1ccccc1)N1CCOCC1. The Morgan fingerprint density at radius 1 is 0.758 bits per heavy atom. The Balaban J connectivity index is 1.70. The Hall–Kier alpha value is -1.75. The highest BCUT2D eigenvalue weighted by Crippen LogP contribution is 2.61. The number of rotatable bonds is 5. The van der Waals surface area contributed by atoms with Crippen molar-refractivity contribution in [2.45, 2.75) is 19.3 Å². The highest BCUT2D eigenvalue weighted by molar-refractivity contribution is 8.19. The number of hydrogen-bond donors (Lipinski definition) is 0. The van der Waals surface area contributed by atoms with Crippen LogP contribution in [0.15, 0.2) is 77.2 Å². The number of allylic oxidation sites excluding steroid dienone is 2. The van der Waals surface area contributed by atoms with Crippen LogP contribution in [0.25, 0.3) is 6.08 Å². The van der Waals surface area contributed by atoms with E-state index in [4.69, 9.17) is 21.3 Å². The first-order valence-corrected chi connectivity index (χ1v) is 14.8. The lowest BCUT2D eigenvalue weighted by Crippen LogP contribution is -2.40. The first-order valence-electron chi connectivity index (χ1n) is 12.1. The van der Waals surface area contributed by atoms with Crippen LogP contribution in [0.3, 0.4) is 0 Å². The molecule has 2 saturated heterocycles. The van der Waals surface area contributed by atoms with Crippen molar-refractivity contribution >= 4 is 29.4 Å². The summed E-state index contributed by atoms with van der Waals surface area (Å²) in [5.41, 5.74) is 4.11. The number of benzene rings is 2. The van der Waals surface area contributed by atoms with Crippen LogP contribution in [-0.2, 0) is 21.3 Å². The van der Waals surface area contributed by atoms with Gasteiger partial charge in [-0.2, -0.15) is 0 Å². The van der Waals surface area contributed by atoms with Gasteiger partial charge in [0.15, 0.2) is 0 Å². The molecule has 5 rings (SSSR count). The average molecular weight is 481 g/mol. The summed E-state index contributed by atoms with van der Waals surface area (Å²) in [7, 11) is 0. The van der Waals surface area contributed by atoms with E-state index < -0.39 is 6.19 Å². The summed E-state index contributed by atoms with van der Waals surface area (Å²) >= 11 is 6.81. The van der Waals surface area contributed by atoms with Crippen LogP contribution >= 0.6 is 6.19 Å². The van der Waals surface area contributed by atoms with Crippen molar-refractivity contribution in [1.29, 1.82) is 0 Å². The number of nitrogens with zero attached hydrogens (tertiary/aromatic N) is 2. The lowest BCUT2D eigenvalue weighted by molar-refractivity contribution is 0.0539. The van der Waals surface area contributed by atoms with Gasteiger partial charge in [-0.05, 0) is 36.5 Å². The van der Waals surface area contributed by atoms with Crippen LogP contribution in [-0.4, -0.2) is 62.2 Å². The zero-order valence-electron chi connectivity index (χ0n) is 19.2. The molecule has 0 N–H and O–H groups in total. The zero-order valence-corrected chi connectivity index (χ0v) is 20.9. The summed E-state index contributed by atoms with van der Waals surface area (Å²) < 4.78 is 14.1. The van der Waals surface area contributed by atoms with Crippen molar-refractivity contribution in [2.24, 2.45) is 0 Å². The van der Waals surface area contributed by atoms with Gasteiger partial charge < -0.3 is 14.4 Å². The predicted octanol–water partition coefficient (Wildman–Crippen LogP) is 4.85. The van der Waals surface area contributed by atoms with E-state index in [1.165, 1.54) is 27.5 Å². The highest BCUT2D eigenvalue weighted by Gasteiger charge is 2.38. The summed E-state index contributed by atoms with van der Waals surface area (Å²) in [5.74, 6) is 0. The molecular weight excluding hydrogens is 447 g/mol. The van der Waals surface area contributed by atoms with Crippen molar-refractivity contribution < 1.29 is 9.47 Å². The van der Waals surface area contributed by atoms with Gasteiger partial charge in [-0.15, -0.1) is 0 Å². The molecule has 33 heavy (non-hydrogen) atoms. The van der Waals surface area contributed by atoms with Gasteiger partial charge in [0.2, 0.25) is 0 Å². The average Bonchev–Trinajstić information content (AvgIpc) is 2.90. The summed E-state index contributed by atoms with van der Waals surface area (Å²) in [4.78, 5) is 2.57. The quantitative estimate of drug-likeness (QED) is 0.570. The molecule has 2 aromatic rings. The van der Waals surface area contributed by atoms with Crippen molar-refractivity contribution in [3.8, 4) is 0 Å². The van der Waals surface area contributed by atoms with E-state index in [2.05, 4.69) is 76.3 Å². The molecule has 3 aliphatic rings. The van der Waals surface area contributed by atoms with Gasteiger partial charge in [0.1, 0.15) is 0 Å². The molecule has 0 saturated carbocycles. The van der Waals surface area contributed by atoms with Crippen molar-refractivity contribution in [1.82, 2.24) is 9.57 Å². The number of hydrogen-bond acceptors (Lipinski definition) is 4. The molecule has 0 unspecified atom stereocenters. The third kappa shape index (κ3) is 4.89. The minimum Gasteiger partial charge on any atom is -0.379 e. The van der Waals surface area contributed by atoms with E-state index in [0.717, 1.165) is 71.9 Å². The molecule has 1 aliphatic carbocycles. The predicted molar refractivity (Wildman–Crippen MR) is 140 cm³/mol. The molecule has 2 heterocycles. The number of ether oxygens (including phenoxy) is 2. The largest absolute Gasteiger partial charge is 0.379 e. The van der Waals surface area contributed by atoms with Gasteiger partial charge in [-0.1, -0.05) is 72.5 Å². The maximum Gasteiger partial charge on any atom is 0.0692 e. The van der Waals surface area contributed by atoms with Crippen LogP contribution in [0.4, 0.5) is 0 Å². The maximum absolute atomic E-state index is 6.81. The van der Waals surface area contributed by atoms with Gasteiger partial charge in [-0.3, -0.25) is 4.67 Å². The molecule has 2 fully saturated rings. The van der Waals surface area contributed by atoms with Gasteiger partial charge >= 0.3 is 0 Å². The Morgan fingerprint density at radius 2 is 1.36 bits per heavy atom. The topological polar surface area (TPSA) is 24.9 Å². The number of morpholine rings is 2. The molecule has 0 radical (unpaired) electrons. The molecule has 6 heteroatoms. The zero-order chi connectivity index (χ0) is 22.5. The lowest BCUT2D eigenvalue weighted by Gasteiger charge is -2.44. The fourth-order valence-corrected chi connectivity index (χ4v) is 9.89. The first kappa shape index (κ1) is 23.0. The normalized spacial score (nSPS) is 23.5. The second-order valence-electron chi connectivity index (χ2n) is 8.81. The van der Waals surface area contributed by atoms with E-state index >= 15 is 0 Å². The fraction of sp³-hybridized carbons (Fsp3) is 0.407. The van der Waals surface area contributed by atoms with E-state index in [9.17, 15) is 0 Å². The second kappa shape index (κ2) is 10.7. The van der Waals surface area contributed by atoms with E-state index in [1.807, 2.05) is 0 Å². The third-order valence-corrected chi connectivity index (χ3v) is 12.1. The van der Waals surface area contributed by atoms with Gasteiger partial charge in [0.25, 0.3) is 0 Å². The van der Waals surface area contributed by atoms with E-state index in [1.54, 1.807) is 0 Å². The van der Waals surface area contributed by atoms with Crippen LogP contribution < -0.4 is 5.30 Å². The van der Waals surface area contributed by atoms with Crippen molar-refractivity contribution in [2.75, 3.05) is 52.6 Å². The van der Waals surface area contributed by atoms with Gasteiger partial charge in [0.05, 0.1) is 32.6 Å². The third-order valence-electron chi connectivity index (χ3n) is 6.76. The Morgan fingerprint density at radius 3 is 2.03 bits per heavy atom. The van der Waals surface area contributed by atoms with Crippen molar-refractivity contribution in [3.05, 3.63) is 82.8 Å². The Kier molecular flexibility index (Phi) is 7.44. The monoisotopic (exact) mass is 480 g/mol. The Labute approximate surface area is 202 Å². The summed E-state index contributed by atoms with van der Waals surface area (Å²) in [6.45, 7) is 6.75. The summed E-state index contributed by atoms with van der Waals surface area (Å²) in [5, 5.41) is 2.80. The first-order chi connectivity index (χ1) is 16.3. The highest BCUT2D eigenvalue weighted by atomic mass is 32.4. The summed E-state index contributed by atoms with van der Waals surface area (Å²) in [6, 6.07) is 21.6. The van der Waals surface area contributed by atoms with Crippen LogP contribution in [0, 0.1) is 0 Å². The van der Waals surface area contributed by atoms with Gasteiger partial charge in [0, 0.05) is 42.5 Å². The Bertz CT molecular complexity index is 1040. The second-order valence-corrected chi connectivity index (χ2v) is 13.2. The molecule has 4 nitrogen and oxygen atoms in total. The van der Waals surface area contributed by atoms with Crippen LogP contribution in [0.5, 0.6) is 0 Å². The molecule has 0 spiro atoms. The maximum atomic E-state index is 6.81. The van der Waals surface area contributed by atoms with Crippen LogP contribution in [0.1, 0.15) is 24.8 Å². The molecule has 0 bridgehead atoms. The molecule has 0 aromatic heterocycles. The van der Waals surface area contributed by atoms with Crippen LogP contribution in [0.2, 0.25) is 0 Å². The molecule has 2 aromatic carbocycles. The molecule has 1 atom stereocenters. The minimum absolute atomic E-state index is 0.762. The van der Waals surface area contributed by atoms with Crippen molar-refractivity contribution in [3.63, 3.8) is 0 Å². The van der Waals surface area contributed by atoms with Gasteiger partial charge in [-0.25, -0.2) is 0 Å². The lowest BCUT2D eigenvalue weighted by atomic mass is 9.94.